The number of fused-ring (bicyclic) bond motifs is 1. The number of aromatic nitrogens is 2. The van der Waals surface area contributed by atoms with E-state index >= 15 is 0 Å². The van der Waals surface area contributed by atoms with Crippen molar-refractivity contribution >= 4 is 16.9 Å². The first-order chi connectivity index (χ1) is 17.5. The van der Waals surface area contributed by atoms with Gasteiger partial charge in [-0.2, -0.15) is 0 Å². The van der Waals surface area contributed by atoms with Gasteiger partial charge in [0.05, 0.1) is 17.6 Å². The molecule has 0 radical (unpaired) electrons. The lowest BCUT2D eigenvalue weighted by molar-refractivity contribution is 0.0953. The minimum Gasteiger partial charge on any atom is -0.493 e. The zero-order valence-electron chi connectivity index (χ0n) is 21.1. The molecule has 4 rings (SSSR count). The molecule has 0 bridgehead atoms. The molecular formula is C30H34FN3O2. The van der Waals surface area contributed by atoms with Crippen LogP contribution in [-0.2, 0) is 13.0 Å². The van der Waals surface area contributed by atoms with Crippen molar-refractivity contribution in [2.45, 2.75) is 52.5 Å². The fourth-order valence-electron chi connectivity index (χ4n) is 4.34. The van der Waals surface area contributed by atoms with E-state index in [2.05, 4.69) is 48.0 Å². The molecule has 0 saturated heterocycles. The lowest BCUT2D eigenvalue weighted by Crippen LogP contribution is -2.24. The third kappa shape index (κ3) is 6.51. The second-order valence-corrected chi connectivity index (χ2v) is 9.14. The van der Waals surface area contributed by atoms with Gasteiger partial charge in [-0.05, 0) is 86.7 Å². The molecule has 4 aromatic rings. The predicted octanol–water partition coefficient (Wildman–Crippen LogP) is 6.40. The zero-order chi connectivity index (χ0) is 25.3. The Labute approximate surface area is 212 Å². The van der Waals surface area contributed by atoms with Crippen LogP contribution >= 0.6 is 0 Å². The van der Waals surface area contributed by atoms with E-state index in [0.29, 0.717) is 18.7 Å². The second-order valence-electron chi connectivity index (χ2n) is 9.14. The SMILES string of the molecule is Cc1cccc(OCCCn2c(CCCCCNC(=O)c3ccc(F)cc3)nc3ccccc32)c1C. The van der Waals surface area contributed by atoms with Crippen LogP contribution in [0.1, 0.15) is 53.0 Å². The molecule has 0 aliphatic rings. The average molecular weight is 488 g/mol. The lowest BCUT2D eigenvalue weighted by atomic mass is 10.1. The largest absolute Gasteiger partial charge is 0.493 e. The standard InChI is InChI=1S/C30H34FN3O2/c1-22-10-8-13-28(23(22)2)36-21-9-20-34-27-12-6-5-11-26(27)33-29(34)14-4-3-7-19-32-30(35)24-15-17-25(31)18-16-24/h5-6,8,10-13,15-18H,3-4,7,9,14,19-21H2,1-2H3,(H,32,35). The van der Waals surface area contributed by atoms with Gasteiger partial charge in [0.25, 0.3) is 5.91 Å². The molecule has 188 valence electrons. The van der Waals surface area contributed by atoms with E-state index in [9.17, 15) is 9.18 Å². The van der Waals surface area contributed by atoms with Crippen LogP contribution in [0.2, 0.25) is 0 Å². The van der Waals surface area contributed by atoms with E-state index < -0.39 is 0 Å². The number of aryl methyl sites for hydroxylation is 3. The van der Waals surface area contributed by atoms with Crippen molar-refractivity contribution < 1.29 is 13.9 Å². The Morgan fingerprint density at radius 1 is 0.944 bits per heavy atom. The number of carbonyl (C=O) groups is 1. The summed E-state index contributed by atoms with van der Waals surface area (Å²) in [6, 6.07) is 20.0. The molecule has 0 aliphatic carbocycles. The highest BCUT2D eigenvalue weighted by molar-refractivity contribution is 5.94. The third-order valence-corrected chi connectivity index (χ3v) is 6.54. The average Bonchev–Trinajstić information content (AvgIpc) is 3.24. The Kier molecular flexibility index (Phi) is 8.71. The summed E-state index contributed by atoms with van der Waals surface area (Å²) in [4.78, 5) is 17.0. The number of benzene rings is 3. The lowest BCUT2D eigenvalue weighted by Gasteiger charge is -2.13. The maximum Gasteiger partial charge on any atom is 0.251 e. The van der Waals surface area contributed by atoms with Crippen molar-refractivity contribution in [3.05, 3.63) is 95.1 Å². The summed E-state index contributed by atoms with van der Waals surface area (Å²) in [7, 11) is 0. The van der Waals surface area contributed by atoms with Gasteiger partial charge in [0.15, 0.2) is 0 Å². The summed E-state index contributed by atoms with van der Waals surface area (Å²) in [5, 5.41) is 2.91. The van der Waals surface area contributed by atoms with E-state index in [1.54, 1.807) is 0 Å². The second kappa shape index (κ2) is 12.3. The number of imidazole rings is 1. The number of rotatable bonds is 12. The molecule has 5 nitrogen and oxygen atoms in total. The third-order valence-electron chi connectivity index (χ3n) is 6.54. The van der Waals surface area contributed by atoms with Gasteiger partial charge in [-0.1, -0.05) is 30.7 Å². The molecule has 0 fully saturated rings. The minimum absolute atomic E-state index is 0.167. The van der Waals surface area contributed by atoms with Gasteiger partial charge in [0.2, 0.25) is 0 Å². The van der Waals surface area contributed by atoms with Crippen LogP contribution in [0, 0.1) is 19.7 Å². The van der Waals surface area contributed by atoms with Crippen molar-refractivity contribution in [1.29, 1.82) is 0 Å². The van der Waals surface area contributed by atoms with Crippen molar-refractivity contribution in [3.63, 3.8) is 0 Å². The number of carbonyl (C=O) groups excluding carboxylic acids is 1. The minimum atomic E-state index is -0.341. The topological polar surface area (TPSA) is 56.1 Å². The summed E-state index contributed by atoms with van der Waals surface area (Å²) >= 11 is 0. The molecule has 1 aromatic heterocycles. The molecule has 1 amide bonds. The first-order valence-electron chi connectivity index (χ1n) is 12.7. The van der Waals surface area contributed by atoms with E-state index in [1.165, 1.54) is 35.4 Å². The highest BCUT2D eigenvalue weighted by Crippen LogP contribution is 2.22. The summed E-state index contributed by atoms with van der Waals surface area (Å²) in [6.45, 7) is 6.31. The first kappa shape index (κ1) is 25.4. The Hall–Kier alpha value is -3.67. The molecule has 0 spiro atoms. The molecule has 0 atom stereocenters. The number of para-hydroxylation sites is 2. The van der Waals surface area contributed by atoms with E-state index in [1.807, 2.05) is 18.2 Å². The van der Waals surface area contributed by atoms with Gasteiger partial charge >= 0.3 is 0 Å². The van der Waals surface area contributed by atoms with Gasteiger partial charge < -0.3 is 14.6 Å². The van der Waals surface area contributed by atoms with Gasteiger partial charge in [-0.3, -0.25) is 4.79 Å². The van der Waals surface area contributed by atoms with Crippen LogP contribution < -0.4 is 10.1 Å². The highest BCUT2D eigenvalue weighted by Gasteiger charge is 2.11. The summed E-state index contributed by atoms with van der Waals surface area (Å²) < 4.78 is 21.4. The summed E-state index contributed by atoms with van der Waals surface area (Å²) in [5.74, 6) is 1.54. The molecule has 1 heterocycles. The molecule has 1 N–H and O–H groups in total. The molecule has 3 aromatic carbocycles. The van der Waals surface area contributed by atoms with E-state index in [0.717, 1.165) is 61.3 Å². The Morgan fingerprint density at radius 2 is 1.75 bits per heavy atom. The Morgan fingerprint density at radius 3 is 2.58 bits per heavy atom. The molecule has 0 saturated carbocycles. The molecule has 0 aliphatic heterocycles. The number of ether oxygens (including phenoxy) is 1. The number of halogens is 1. The first-order valence-corrected chi connectivity index (χ1v) is 12.7. The fraction of sp³-hybridized carbons (Fsp3) is 0.333. The van der Waals surface area contributed by atoms with Gasteiger partial charge in [0, 0.05) is 25.1 Å². The normalized spacial score (nSPS) is 11.1. The number of nitrogens with one attached hydrogen (secondary N) is 1. The smallest absolute Gasteiger partial charge is 0.251 e. The van der Waals surface area contributed by atoms with Crippen LogP contribution in [-0.4, -0.2) is 28.6 Å². The summed E-state index contributed by atoms with van der Waals surface area (Å²) in [5.41, 5.74) is 5.09. The maximum atomic E-state index is 13.0. The van der Waals surface area contributed by atoms with Crippen LogP contribution in [0.4, 0.5) is 4.39 Å². The number of amides is 1. The van der Waals surface area contributed by atoms with Crippen molar-refractivity contribution in [1.82, 2.24) is 14.9 Å². The quantitative estimate of drug-likeness (QED) is 0.235. The molecule has 36 heavy (non-hydrogen) atoms. The fourth-order valence-corrected chi connectivity index (χ4v) is 4.34. The van der Waals surface area contributed by atoms with E-state index in [-0.39, 0.29) is 11.7 Å². The predicted molar refractivity (Wildman–Crippen MR) is 142 cm³/mol. The van der Waals surface area contributed by atoms with Crippen molar-refractivity contribution in [2.75, 3.05) is 13.2 Å². The highest BCUT2D eigenvalue weighted by atomic mass is 19.1. The Balaban J connectivity index is 1.25. The van der Waals surface area contributed by atoms with Gasteiger partial charge in [-0.15, -0.1) is 0 Å². The summed E-state index contributed by atoms with van der Waals surface area (Å²) in [6.07, 6.45) is 4.66. The van der Waals surface area contributed by atoms with Crippen molar-refractivity contribution in [3.8, 4) is 5.75 Å². The number of hydrogen-bond donors (Lipinski definition) is 1. The molecule has 6 heteroatoms. The van der Waals surface area contributed by atoms with Gasteiger partial charge in [0.1, 0.15) is 17.4 Å². The number of unbranched alkanes of at least 4 members (excludes halogenated alkanes) is 2. The molecule has 0 unspecified atom stereocenters. The zero-order valence-corrected chi connectivity index (χ0v) is 21.1. The number of nitrogens with zero attached hydrogens (tertiary/aromatic N) is 2. The monoisotopic (exact) mass is 487 g/mol. The van der Waals surface area contributed by atoms with Gasteiger partial charge in [-0.25, -0.2) is 9.37 Å². The Bertz CT molecular complexity index is 1300. The van der Waals surface area contributed by atoms with E-state index in [4.69, 9.17) is 9.72 Å². The molecular weight excluding hydrogens is 453 g/mol. The number of hydrogen-bond acceptors (Lipinski definition) is 3. The van der Waals surface area contributed by atoms with Crippen LogP contribution in [0.15, 0.2) is 66.7 Å². The van der Waals surface area contributed by atoms with Crippen molar-refractivity contribution in [2.24, 2.45) is 0 Å². The van der Waals surface area contributed by atoms with Crippen LogP contribution in [0.3, 0.4) is 0 Å². The van der Waals surface area contributed by atoms with Crippen LogP contribution in [0.5, 0.6) is 5.75 Å². The maximum absolute atomic E-state index is 13.0. The van der Waals surface area contributed by atoms with Crippen LogP contribution in [0.25, 0.3) is 11.0 Å².